The number of ketones is 1. The minimum absolute atomic E-state index is 0.00572. The van der Waals surface area contributed by atoms with Gasteiger partial charge < -0.3 is 10.1 Å². The number of Topliss-reactive ketones (excluding diaryl/α,β-unsaturated/α-hetero) is 1. The predicted octanol–water partition coefficient (Wildman–Crippen LogP) is 4.01. The summed E-state index contributed by atoms with van der Waals surface area (Å²) in [6, 6.07) is 15.0. The van der Waals surface area contributed by atoms with Crippen molar-refractivity contribution in [1.82, 2.24) is 5.32 Å². The third kappa shape index (κ3) is 4.23. The lowest BCUT2D eigenvalue weighted by Gasteiger charge is -2.27. The standard InChI is InChI=1S/C20H21NO3S/c1-13(22)15-7-9-16(10-8-15)24-14(2)20(23)21-18-11-12-25-19-6-4-3-5-17(18)19/h3-10,14,18H,11-12H2,1-2H3,(H,21,23)/t14-,18-/m0/s1. The summed E-state index contributed by atoms with van der Waals surface area (Å²) in [5.41, 5.74) is 1.80. The fourth-order valence-electron chi connectivity index (χ4n) is 2.81. The van der Waals surface area contributed by atoms with Crippen LogP contribution in [0.4, 0.5) is 0 Å². The fraction of sp³-hybridized carbons (Fsp3) is 0.300. The molecule has 0 fully saturated rings. The Hall–Kier alpha value is -2.27. The smallest absolute Gasteiger partial charge is 0.261 e. The fourth-order valence-corrected chi connectivity index (χ4v) is 3.93. The first kappa shape index (κ1) is 17.5. The van der Waals surface area contributed by atoms with Crippen molar-refractivity contribution < 1.29 is 14.3 Å². The lowest BCUT2D eigenvalue weighted by Crippen LogP contribution is -2.39. The zero-order chi connectivity index (χ0) is 17.8. The number of benzene rings is 2. The Bertz CT molecular complexity index is 773. The van der Waals surface area contributed by atoms with E-state index in [-0.39, 0.29) is 17.7 Å². The van der Waals surface area contributed by atoms with Gasteiger partial charge in [-0.2, -0.15) is 0 Å². The molecule has 1 N–H and O–H groups in total. The van der Waals surface area contributed by atoms with Crippen molar-refractivity contribution in [2.45, 2.75) is 37.3 Å². The summed E-state index contributed by atoms with van der Waals surface area (Å²) < 4.78 is 5.71. The Morgan fingerprint density at radius 1 is 1.16 bits per heavy atom. The second kappa shape index (κ2) is 7.74. The highest BCUT2D eigenvalue weighted by atomic mass is 32.2. The lowest BCUT2D eigenvalue weighted by molar-refractivity contribution is -0.128. The number of ether oxygens (including phenoxy) is 1. The minimum Gasteiger partial charge on any atom is -0.481 e. The van der Waals surface area contributed by atoms with Crippen LogP contribution in [0.2, 0.25) is 0 Å². The van der Waals surface area contributed by atoms with Gasteiger partial charge in [-0.1, -0.05) is 18.2 Å². The second-order valence-electron chi connectivity index (χ2n) is 6.08. The van der Waals surface area contributed by atoms with Gasteiger partial charge in [-0.25, -0.2) is 0 Å². The maximum Gasteiger partial charge on any atom is 0.261 e. The van der Waals surface area contributed by atoms with Crippen LogP contribution in [0.15, 0.2) is 53.4 Å². The van der Waals surface area contributed by atoms with E-state index in [0.717, 1.165) is 12.2 Å². The number of hydrogen-bond donors (Lipinski definition) is 1. The highest BCUT2D eigenvalue weighted by molar-refractivity contribution is 7.99. The molecule has 3 rings (SSSR count). The SMILES string of the molecule is CC(=O)c1ccc(O[C@@H](C)C(=O)N[C@H]2CCSc3ccccc32)cc1. The van der Waals surface area contributed by atoms with E-state index >= 15 is 0 Å². The molecule has 130 valence electrons. The maximum absolute atomic E-state index is 12.5. The molecule has 2 atom stereocenters. The number of rotatable bonds is 5. The van der Waals surface area contributed by atoms with Gasteiger partial charge in [0.25, 0.3) is 5.91 Å². The molecule has 0 aliphatic carbocycles. The third-order valence-electron chi connectivity index (χ3n) is 4.22. The summed E-state index contributed by atoms with van der Waals surface area (Å²) in [5, 5.41) is 3.09. The number of nitrogens with one attached hydrogen (secondary N) is 1. The van der Waals surface area contributed by atoms with Crippen LogP contribution in [0.3, 0.4) is 0 Å². The van der Waals surface area contributed by atoms with Gasteiger partial charge >= 0.3 is 0 Å². The van der Waals surface area contributed by atoms with E-state index < -0.39 is 6.10 Å². The molecule has 2 aromatic rings. The van der Waals surface area contributed by atoms with Gasteiger partial charge in [0.15, 0.2) is 11.9 Å². The molecule has 0 unspecified atom stereocenters. The number of hydrogen-bond acceptors (Lipinski definition) is 4. The maximum atomic E-state index is 12.5. The largest absolute Gasteiger partial charge is 0.481 e. The summed E-state index contributed by atoms with van der Waals surface area (Å²) in [6.45, 7) is 3.25. The second-order valence-corrected chi connectivity index (χ2v) is 7.21. The zero-order valence-corrected chi connectivity index (χ0v) is 15.1. The predicted molar refractivity (Wildman–Crippen MR) is 99.2 cm³/mol. The summed E-state index contributed by atoms with van der Waals surface area (Å²) >= 11 is 1.82. The Balaban J connectivity index is 1.62. The monoisotopic (exact) mass is 355 g/mol. The molecule has 1 amide bonds. The van der Waals surface area contributed by atoms with E-state index in [4.69, 9.17) is 4.74 Å². The van der Waals surface area contributed by atoms with Crippen molar-refractivity contribution in [3.63, 3.8) is 0 Å². The molecular formula is C20H21NO3S. The molecule has 0 aromatic heterocycles. The van der Waals surface area contributed by atoms with E-state index in [1.165, 1.54) is 17.4 Å². The summed E-state index contributed by atoms with van der Waals surface area (Å²) in [4.78, 5) is 25.0. The van der Waals surface area contributed by atoms with Crippen LogP contribution in [0, 0.1) is 0 Å². The van der Waals surface area contributed by atoms with Gasteiger partial charge in [0.2, 0.25) is 0 Å². The molecule has 1 aliphatic rings. The molecule has 0 spiro atoms. The Kier molecular flexibility index (Phi) is 5.43. The van der Waals surface area contributed by atoms with Gasteiger partial charge in [-0.05, 0) is 56.2 Å². The van der Waals surface area contributed by atoms with Crippen molar-refractivity contribution in [2.24, 2.45) is 0 Å². The van der Waals surface area contributed by atoms with Crippen molar-refractivity contribution >= 4 is 23.5 Å². The Morgan fingerprint density at radius 2 is 1.88 bits per heavy atom. The molecule has 4 nitrogen and oxygen atoms in total. The number of carbonyl (C=O) groups is 2. The van der Waals surface area contributed by atoms with E-state index in [0.29, 0.717) is 11.3 Å². The average molecular weight is 355 g/mol. The number of thioether (sulfide) groups is 1. The van der Waals surface area contributed by atoms with Crippen LogP contribution < -0.4 is 10.1 Å². The van der Waals surface area contributed by atoms with Gasteiger partial charge in [0.05, 0.1) is 6.04 Å². The molecule has 0 saturated carbocycles. The number of carbonyl (C=O) groups excluding carboxylic acids is 2. The topological polar surface area (TPSA) is 55.4 Å². The van der Waals surface area contributed by atoms with Crippen LogP contribution in [-0.4, -0.2) is 23.5 Å². The van der Waals surface area contributed by atoms with Crippen LogP contribution in [0.5, 0.6) is 5.75 Å². The van der Waals surface area contributed by atoms with E-state index in [2.05, 4.69) is 17.4 Å². The van der Waals surface area contributed by atoms with Crippen molar-refractivity contribution in [3.05, 3.63) is 59.7 Å². The number of amides is 1. The van der Waals surface area contributed by atoms with E-state index in [1.807, 2.05) is 23.9 Å². The summed E-state index contributed by atoms with van der Waals surface area (Å²) in [7, 11) is 0. The van der Waals surface area contributed by atoms with Crippen molar-refractivity contribution in [3.8, 4) is 5.75 Å². The van der Waals surface area contributed by atoms with Crippen molar-refractivity contribution in [1.29, 1.82) is 0 Å². The Morgan fingerprint density at radius 3 is 2.60 bits per heavy atom. The first-order valence-electron chi connectivity index (χ1n) is 8.34. The normalized spacial score (nSPS) is 17.3. The molecule has 1 heterocycles. The van der Waals surface area contributed by atoms with Crippen LogP contribution >= 0.6 is 11.8 Å². The molecule has 5 heteroatoms. The van der Waals surface area contributed by atoms with Gasteiger partial charge in [-0.15, -0.1) is 11.8 Å². The molecule has 0 saturated heterocycles. The van der Waals surface area contributed by atoms with Gasteiger partial charge in [-0.3, -0.25) is 9.59 Å². The van der Waals surface area contributed by atoms with Crippen LogP contribution in [-0.2, 0) is 4.79 Å². The van der Waals surface area contributed by atoms with Gasteiger partial charge in [0, 0.05) is 16.2 Å². The lowest BCUT2D eigenvalue weighted by atomic mass is 10.0. The average Bonchev–Trinajstić information content (AvgIpc) is 2.62. The van der Waals surface area contributed by atoms with Crippen LogP contribution in [0.1, 0.15) is 42.2 Å². The first-order chi connectivity index (χ1) is 12.0. The number of fused-ring (bicyclic) bond motifs is 1. The highest BCUT2D eigenvalue weighted by Gasteiger charge is 2.24. The van der Waals surface area contributed by atoms with Crippen LogP contribution in [0.25, 0.3) is 0 Å². The molecule has 1 aliphatic heterocycles. The van der Waals surface area contributed by atoms with Gasteiger partial charge in [0.1, 0.15) is 5.75 Å². The third-order valence-corrected chi connectivity index (χ3v) is 5.34. The molecule has 25 heavy (non-hydrogen) atoms. The zero-order valence-electron chi connectivity index (χ0n) is 14.3. The summed E-state index contributed by atoms with van der Waals surface area (Å²) in [5.74, 6) is 1.43. The first-order valence-corrected chi connectivity index (χ1v) is 9.33. The van der Waals surface area contributed by atoms with E-state index in [9.17, 15) is 9.59 Å². The highest BCUT2D eigenvalue weighted by Crippen LogP contribution is 2.35. The molecular weight excluding hydrogens is 334 g/mol. The Labute approximate surface area is 152 Å². The minimum atomic E-state index is -0.607. The molecule has 0 bridgehead atoms. The summed E-state index contributed by atoms with van der Waals surface area (Å²) in [6.07, 6.45) is 0.304. The molecule has 2 aromatic carbocycles. The van der Waals surface area contributed by atoms with E-state index in [1.54, 1.807) is 31.2 Å². The molecule has 0 radical (unpaired) electrons. The quantitative estimate of drug-likeness (QED) is 0.824. The van der Waals surface area contributed by atoms with Crippen molar-refractivity contribution in [2.75, 3.05) is 5.75 Å².